The van der Waals surface area contributed by atoms with E-state index >= 15 is 0 Å². The molecule has 2 N–H and O–H groups in total. The fourth-order valence-electron chi connectivity index (χ4n) is 6.08. The molecule has 2 aromatic carbocycles. The molecule has 1 fully saturated rings. The summed E-state index contributed by atoms with van der Waals surface area (Å²) >= 11 is 0. The van der Waals surface area contributed by atoms with Crippen LogP contribution in [0.3, 0.4) is 0 Å². The van der Waals surface area contributed by atoms with Crippen LogP contribution in [-0.2, 0) is 16.6 Å². The van der Waals surface area contributed by atoms with E-state index < -0.39 is 0 Å². The number of aryl methyl sites for hydroxylation is 2. The van der Waals surface area contributed by atoms with Crippen molar-refractivity contribution in [3.8, 4) is 17.2 Å². The Balaban J connectivity index is 1.16. The van der Waals surface area contributed by atoms with Crippen molar-refractivity contribution in [3.63, 3.8) is 0 Å². The number of carbonyl (C=O) groups excluding carboxylic acids is 2. The maximum atomic E-state index is 13.6. The predicted octanol–water partition coefficient (Wildman–Crippen LogP) is 5.34. The molecule has 3 aromatic heterocycles. The van der Waals surface area contributed by atoms with Gasteiger partial charge in [-0.3, -0.25) is 14.0 Å². The number of anilines is 1. The Kier molecular flexibility index (Phi) is 8.56. The fourth-order valence-corrected chi connectivity index (χ4v) is 6.08. The number of imidazole rings is 2. The molecule has 1 aliphatic carbocycles. The topological polar surface area (TPSA) is 126 Å². The molecule has 0 atom stereocenters. The first-order valence-corrected chi connectivity index (χ1v) is 15.1. The molecule has 1 aliphatic rings. The van der Waals surface area contributed by atoms with Crippen molar-refractivity contribution < 1.29 is 14.3 Å². The molecule has 0 bridgehead atoms. The summed E-state index contributed by atoms with van der Waals surface area (Å²) in [6, 6.07) is 15.2. The summed E-state index contributed by atoms with van der Waals surface area (Å²) in [5.74, 6) is -0.444. The van der Waals surface area contributed by atoms with Gasteiger partial charge in [-0.15, -0.1) is 0 Å². The largest absolute Gasteiger partial charge is 0.381 e. The smallest absolute Gasteiger partial charge is 0.248 e. The van der Waals surface area contributed by atoms with Gasteiger partial charge in [0.15, 0.2) is 5.82 Å². The van der Waals surface area contributed by atoms with Crippen molar-refractivity contribution in [3.05, 3.63) is 95.9 Å². The van der Waals surface area contributed by atoms with E-state index in [-0.39, 0.29) is 23.1 Å². The number of aromatic nitrogens is 4. The normalized spacial score (nSPS) is 16.8. The number of amides is 1. The van der Waals surface area contributed by atoms with Gasteiger partial charge in [-0.2, -0.15) is 5.26 Å². The second-order valence-corrected chi connectivity index (χ2v) is 11.5. The lowest BCUT2D eigenvalue weighted by Gasteiger charge is -2.27. The maximum Gasteiger partial charge on any atom is 0.248 e. The van der Waals surface area contributed by atoms with E-state index in [0.717, 1.165) is 58.9 Å². The van der Waals surface area contributed by atoms with Crippen LogP contribution in [0.25, 0.3) is 27.7 Å². The standard InChI is InChI=1S/C35H35N7O3/c1-22-16-31-30(39-21-41(31)2)18-28(22)27-6-5-15-42-32(27)20-38-35(42)34(44)23-8-13-29(24(17-23)19-36)40-33(43)7-4-14-37-25-9-11-26(45-3)12-10-25/h4-8,13,15-18,20-21,25-26,37H,9-12,14H2,1-3H3,(H,40,43)/b7-4+/t25-,26-. The molecule has 0 saturated heterocycles. The molecule has 45 heavy (non-hydrogen) atoms. The van der Waals surface area contributed by atoms with Crippen molar-refractivity contribution in [2.45, 2.75) is 44.8 Å². The summed E-state index contributed by atoms with van der Waals surface area (Å²) in [6.45, 7) is 2.63. The van der Waals surface area contributed by atoms with E-state index in [1.807, 2.05) is 23.7 Å². The van der Waals surface area contributed by atoms with Crippen molar-refractivity contribution in [2.24, 2.45) is 7.05 Å². The lowest BCUT2D eigenvalue weighted by molar-refractivity contribution is -0.111. The van der Waals surface area contributed by atoms with Gasteiger partial charge in [0.05, 0.1) is 46.4 Å². The lowest BCUT2D eigenvalue weighted by Crippen LogP contribution is -2.35. The average Bonchev–Trinajstić information content (AvgIpc) is 3.66. The summed E-state index contributed by atoms with van der Waals surface area (Å²) in [5, 5.41) is 16.0. The molecule has 0 aliphatic heterocycles. The molecule has 6 rings (SSSR count). The molecule has 0 unspecified atom stereocenters. The summed E-state index contributed by atoms with van der Waals surface area (Å²) in [5.41, 5.74) is 6.58. The minimum atomic E-state index is -0.346. The van der Waals surface area contributed by atoms with E-state index in [4.69, 9.17) is 4.74 Å². The molecular weight excluding hydrogens is 566 g/mol. The Labute approximate surface area is 261 Å². The third-order valence-electron chi connectivity index (χ3n) is 8.60. The number of hydrogen-bond donors (Lipinski definition) is 2. The Morgan fingerprint density at radius 3 is 2.69 bits per heavy atom. The van der Waals surface area contributed by atoms with Gasteiger partial charge in [0.2, 0.25) is 11.7 Å². The number of nitriles is 1. The second kappa shape index (κ2) is 12.9. The van der Waals surface area contributed by atoms with Crippen LogP contribution in [0.15, 0.2) is 73.3 Å². The summed E-state index contributed by atoms with van der Waals surface area (Å²) < 4.78 is 9.17. The molecule has 5 aromatic rings. The maximum absolute atomic E-state index is 13.6. The number of nitrogens with zero attached hydrogens (tertiary/aromatic N) is 5. The van der Waals surface area contributed by atoms with Crippen LogP contribution in [0.4, 0.5) is 5.69 Å². The number of fused-ring (bicyclic) bond motifs is 2. The molecule has 3 heterocycles. The first-order chi connectivity index (χ1) is 21.9. The van der Waals surface area contributed by atoms with Gasteiger partial charge in [0.1, 0.15) is 6.07 Å². The highest BCUT2D eigenvalue weighted by atomic mass is 16.5. The summed E-state index contributed by atoms with van der Waals surface area (Å²) in [4.78, 5) is 35.2. The Morgan fingerprint density at radius 2 is 1.91 bits per heavy atom. The molecule has 10 heteroatoms. The van der Waals surface area contributed by atoms with Crippen molar-refractivity contribution in [2.75, 3.05) is 19.0 Å². The quantitative estimate of drug-likeness (QED) is 0.173. The molecule has 0 spiro atoms. The van der Waals surface area contributed by atoms with E-state index in [0.29, 0.717) is 29.9 Å². The number of ketones is 1. The summed E-state index contributed by atoms with van der Waals surface area (Å²) in [7, 11) is 3.72. The van der Waals surface area contributed by atoms with Crippen LogP contribution in [0, 0.1) is 18.3 Å². The highest BCUT2D eigenvalue weighted by Gasteiger charge is 2.21. The zero-order chi connectivity index (χ0) is 31.5. The number of methoxy groups -OCH3 is 1. The van der Waals surface area contributed by atoms with E-state index in [2.05, 4.69) is 45.7 Å². The van der Waals surface area contributed by atoms with Crippen molar-refractivity contribution in [1.82, 2.24) is 24.3 Å². The van der Waals surface area contributed by atoms with Crippen LogP contribution >= 0.6 is 0 Å². The van der Waals surface area contributed by atoms with E-state index in [1.54, 1.807) is 48.4 Å². The minimum Gasteiger partial charge on any atom is -0.381 e. The van der Waals surface area contributed by atoms with E-state index in [9.17, 15) is 14.9 Å². The Bertz CT molecular complexity index is 1970. The number of hydrogen-bond acceptors (Lipinski definition) is 7. The van der Waals surface area contributed by atoms with Crippen molar-refractivity contribution in [1.29, 1.82) is 5.26 Å². The van der Waals surface area contributed by atoms with Gasteiger partial charge < -0.3 is 19.9 Å². The average molecular weight is 602 g/mol. The van der Waals surface area contributed by atoms with Gasteiger partial charge in [0.25, 0.3) is 0 Å². The molecular formula is C35H35N7O3. The zero-order valence-electron chi connectivity index (χ0n) is 25.6. The van der Waals surface area contributed by atoms with Gasteiger partial charge in [-0.1, -0.05) is 12.1 Å². The van der Waals surface area contributed by atoms with Gasteiger partial charge in [0, 0.05) is 50.1 Å². The predicted molar refractivity (Wildman–Crippen MR) is 173 cm³/mol. The van der Waals surface area contributed by atoms with Crippen LogP contribution in [0.2, 0.25) is 0 Å². The van der Waals surface area contributed by atoms with Crippen LogP contribution < -0.4 is 10.6 Å². The third-order valence-corrected chi connectivity index (χ3v) is 8.60. The van der Waals surface area contributed by atoms with Crippen LogP contribution in [0.1, 0.15) is 53.0 Å². The van der Waals surface area contributed by atoms with Crippen LogP contribution in [-0.4, -0.2) is 56.4 Å². The summed E-state index contributed by atoms with van der Waals surface area (Å²) in [6.07, 6.45) is 13.0. The molecule has 228 valence electrons. The molecule has 10 nitrogen and oxygen atoms in total. The van der Waals surface area contributed by atoms with Crippen LogP contribution in [0.5, 0.6) is 0 Å². The number of nitrogens with one attached hydrogen (secondary N) is 2. The minimum absolute atomic E-state index is 0.191. The first kappa shape index (κ1) is 29.9. The van der Waals surface area contributed by atoms with Gasteiger partial charge >= 0.3 is 0 Å². The Morgan fingerprint density at radius 1 is 1.09 bits per heavy atom. The van der Waals surface area contributed by atoms with Gasteiger partial charge in [-0.25, -0.2) is 9.97 Å². The third kappa shape index (κ3) is 6.13. The SMILES string of the molecule is CO[C@H]1CC[C@H](NC/C=C/C(=O)Nc2ccc(C(=O)c3ncc4c(-c5cc6ncn(C)c6cc5C)cccn34)cc2C#N)CC1. The second-order valence-electron chi connectivity index (χ2n) is 11.5. The Hall–Kier alpha value is -5.11. The number of rotatable bonds is 9. The number of carbonyl (C=O) groups is 2. The number of benzene rings is 2. The fraction of sp³-hybridized carbons (Fsp3) is 0.286. The highest BCUT2D eigenvalue weighted by Crippen LogP contribution is 2.32. The molecule has 0 radical (unpaired) electrons. The van der Waals surface area contributed by atoms with Gasteiger partial charge in [-0.05, 0) is 80.1 Å². The zero-order valence-corrected chi connectivity index (χ0v) is 25.6. The first-order valence-electron chi connectivity index (χ1n) is 15.1. The molecule has 1 saturated carbocycles. The number of ether oxygens (including phenoxy) is 1. The highest BCUT2D eigenvalue weighted by molar-refractivity contribution is 6.08. The van der Waals surface area contributed by atoms with Crippen molar-refractivity contribution >= 4 is 33.9 Å². The lowest BCUT2D eigenvalue weighted by atomic mass is 9.93. The van der Waals surface area contributed by atoms with E-state index in [1.165, 1.54) is 12.1 Å². The molecule has 1 amide bonds. The number of pyridine rings is 1. The monoisotopic (exact) mass is 601 g/mol.